The minimum absolute atomic E-state index is 0.139. The monoisotopic (exact) mass is 554 g/mol. The highest BCUT2D eigenvalue weighted by atomic mass is 19.2. The van der Waals surface area contributed by atoms with Gasteiger partial charge in [-0.3, -0.25) is 9.59 Å². The van der Waals surface area contributed by atoms with Crippen LogP contribution in [0.1, 0.15) is 75.3 Å². The maximum Gasteiger partial charge on any atom is 0.311 e. The van der Waals surface area contributed by atoms with Crippen molar-refractivity contribution >= 4 is 11.9 Å². The van der Waals surface area contributed by atoms with Crippen LogP contribution in [0.5, 0.6) is 11.5 Å². The molecule has 0 aliphatic carbocycles. The Morgan fingerprint density at radius 1 is 0.447 bits per heavy atom. The van der Waals surface area contributed by atoms with E-state index in [0.29, 0.717) is 25.7 Å². The molecule has 4 nitrogen and oxygen atoms in total. The van der Waals surface area contributed by atoms with Crippen LogP contribution in [-0.4, -0.2) is 11.9 Å². The van der Waals surface area contributed by atoms with Crippen LogP contribution in [0.4, 0.5) is 35.1 Å². The van der Waals surface area contributed by atoms with Crippen LogP contribution in [0.2, 0.25) is 0 Å². The van der Waals surface area contributed by atoms with E-state index in [1.54, 1.807) is 0 Å². The molecule has 0 N–H and O–H groups in total. The number of unbranched alkanes of at least 4 members (excludes halogenated alkanes) is 7. The molecule has 0 radical (unpaired) electrons. The van der Waals surface area contributed by atoms with Gasteiger partial charge >= 0.3 is 11.9 Å². The molecule has 0 bridgehead atoms. The highest BCUT2D eigenvalue weighted by Crippen LogP contribution is 2.31. The summed E-state index contributed by atoms with van der Waals surface area (Å²) in [6, 6.07) is 0. The van der Waals surface area contributed by atoms with Gasteiger partial charge in [0.2, 0.25) is 23.2 Å². The predicted octanol–water partition coefficient (Wildman–Crippen LogP) is 7.83. The Morgan fingerprint density at radius 3 is 1.29 bits per heavy atom. The molecule has 0 saturated carbocycles. The molecular formula is C26H26F8O4. The quantitative estimate of drug-likeness (QED) is 0.0633. The van der Waals surface area contributed by atoms with Gasteiger partial charge in [0.05, 0.1) is 0 Å². The van der Waals surface area contributed by atoms with Crippen molar-refractivity contribution in [2.45, 2.75) is 78.1 Å². The first-order valence-electron chi connectivity index (χ1n) is 11.9. The van der Waals surface area contributed by atoms with Gasteiger partial charge < -0.3 is 9.47 Å². The Morgan fingerprint density at radius 2 is 0.789 bits per heavy atom. The van der Waals surface area contributed by atoms with Crippen LogP contribution in [0, 0.1) is 60.4 Å². The first kappa shape index (κ1) is 31.0. The number of halogens is 8. The van der Waals surface area contributed by atoms with E-state index in [2.05, 4.69) is 9.47 Å². The lowest BCUT2D eigenvalue weighted by atomic mass is 10.1. The van der Waals surface area contributed by atoms with Crippen molar-refractivity contribution in [2.24, 2.45) is 0 Å². The molecule has 0 unspecified atom stereocenters. The molecular weight excluding hydrogens is 528 g/mol. The summed E-state index contributed by atoms with van der Waals surface area (Å²) in [7, 11) is 0. The number of benzene rings is 2. The first-order chi connectivity index (χ1) is 17.9. The van der Waals surface area contributed by atoms with Crippen molar-refractivity contribution in [1.29, 1.82) is 0 Å². The summed E-state index contributed by atoms with van der Waals surface area (Å²) < 4.78 is 117. The zero-order chi connectivity index (χ0) is 28.6. The standard InChI is InChI=1S/C26H26F8O4/c1-13-17(27)21(31)24(34)26(19(13)29)38-16(36)12-10-8-6-4-3-5-7-9-11-15(35)37-25-14(2)18(28)20(30)22(32)23(25)33/h3-12H2,1-2H3. The second kappa shape index (κ2) is 14.1. The van der Waals surface area contributed by atoms with E-state index in [1.807, 2.05) is 0 Å². The van der Waals surface area contributed by atoms with Gasteiger partial charge in [-0.15, -0.1) is 0 Å². The fraction of sp³-hybridized carbons (Fsp3) is 0.462. The molecule has 0 saturated heterocycles. The number of rotatable bonds is 13. The van der Waals surface area contributed by atoms with Gasteiger partial charge in [-0.25, -0.2) is 26.3 Å². The van der Waals surface area contributed by atoms with Gasteiger partial charge in [0.25, 0.3) is 0 Å². The molecule has 0 fully saturated rings. The summed E-state index contributed by atoms with van der Waals surface area (Å²) in [5.41, 5.74) is -1.45. The third kappa shape index (κ3) is 7.67. The number of hydrogen-bond donors (Lipinski definition) is 0. The van der Waals surface area contributed by atoms with Crippen molar-refractivity contribution < 1.29 is 54.2 Å². The summed E-state index contributed by atoms with van der Waals surface area (Å²) in [4.78, 5) is 23.6. The van der Waals surface area contributed by atoms with Crippen molar-refractivity contribution in [2.75, 3.05) is 0 Å². The number of carbonyl (C=O) groups excluding carboxylic acids is 2. The van der Waals surface area contributed by atoms with Gasteiger partial charge in [-0.2, -0.15) is 8.78 Å². The topological polar surface area (TPSA) is 52.6 Å². The molecule has 210 valence electrons. The zero-order valence-electron chi connectivity index (χ0n) is 20.7. The Balaban J connectivity index is 1.59. The lowest BCUT2D eigenvalue weighted by molar-refractivity contribution is -0.135. The maximum absolute atomic E-state index is 13.9. The minimum Gasteiger partial charge on any atom is -0.423 e. The highest BCUT2D eigenvalue weighted by molar-refractivity contribution is 5.73. The molecule has 0 atom stereocenters. The van der Waals surface area contributed by atoms with E-state index in [-0.39, 0.29) is 12.8 Å². The van der Waals surface area contributed by atoms with Gasteiger partial charge in [0.15, 0.2) is 34.8 Å². The largest absolute Gasteiger partial charge is 0.423 e. The molecule has 38 heavy (non-hydrogen) atoms. The van der Waals surface area contributed by atoms with Gasteiger partial charge in [0.1, 0.15) is 0 Å². The summed E-state index contributed by atoms with van der Waals surface area (Å²) in [5, 5.41) is 0. The molecule has 0 heterocycles. The van der Waals surface area contributed by atoms with Crippen molar-refractivity contribution in [1.82, 2.24) is 0 Å². The summed E-state index contributed by atoms with van der Waals surface area (Å²) in [6.07, 6.45) is 4.63. The van der Waals surface area contributed by atoms with Gasteiger partial charge in [-0.05, 0) is 26.7 Å². The van der Waals surface area contributed by atoms with Gasteiger partial charge in [0, 0.05) is 24.0 Å². The Kier molecular flexibility index (Phi) is 11.5. The van der Waals surface area contributed by atoms with Crippen LogP contribution >= 0.6 is 0 Å². The Labute approximate surface area is 213 Å². The molecule has 0 spiro atoms. The molecule has 0 aliphatic heterocycles. The summed E-state index contributed by atoms with van der Waals surface area (Å²) in [6.45, 7) is 1.84. The Bertz CT molecular complexity index is 1030. The minimum atomic E-state index is -2.06. The molecule has 0 amide bonds. The van der Waals surface area contributed by atoms with E-state index >= 15 is 0 Å². The van der Waals surface area contributed by atoms with Crippen molar-refractivity contribution in [3.05, 3.63) is 57.7 Å². The van der Waals surface area contributed by atoms with Gasteiger partial charge in [-0.1, -0.05) is 38.5 Å². The lowest BCUT2D eigenvalue weighted by Gasteiger charge is -2.11. The summed E-state index contributed by atoms with van der Waals surface area (Å²) in [5.74, 6) is -18.6. The van der Waals surface area contributed by atoms with Crippen LogP contribution in [0.25, 0.3) is 0 Å². The average Bonchev–Trinajstić information content (AvgIpc) is 2.90. The second-order valence-corrected chi connectivity index (χ2v) is 8.70. The molecule has 0 aliphatic rings. The predicted molar refractivity (Wildman–Crippen MR) is 119 cm³/mol. The fourth-order valence-electron chi connectivity index (χ4n) is 3.58. The molecule has 2 rings (SSSR count). The number of ether oxygens (including phenoxy) is 2. The van der Waals surface area contributed by atoms with Crippen LogP contribution < -0.4 is 9.47 Å². The van der Waals surface area contributed by atoms with Crippen molar-refractivity contribution in [3.63, 3.8) is 0 Å². The number of esters is 2. The van der Waals surface area contributed by atoms with Crippen LogP contribution in [-0.2, 0) is 9.59 Å². The molecule has 12 heteroatoms. The second-order valence-electron chi connectivity index (χ2n) is 8.70. The van der Waals surface area contributed by atoms with E-state index in [9.17, 15) is 44.7 Å². The average molecular weight is 554 g/mol. The highest BCUT2D eigenvalue weighted by Gasteiger charge is 2.27. The fourth-order valence-corrected chi connectivity index (χ4v) is 3.58. The third-order valence-corrected chi connectivity index (χ3v) is 5.83. The number of carbonyl (C=O) groups is 2. The molecule has 2 aromatic rings. The van der Waals surface area contributed by atoms with E-state index < -0.39 is 81.1 Å². The van der Waals surface area contributed by atoms with E-state index in [0.717, 1.165) is 39.5 Å². The lowest BCUT2D eigenvalue weighted by Crippen LogP contribution is -2.13. The maximum atomic E-state index is 13.9. The SMILES string of the molecule is Cc1c(F)c(F)c(F)c(OC(=O)CCCCCCCCCCC(=O)Oc2c(C)c(F)c(F)c(F)c2F)c1F. The Hall–Kier alpha value is -3.18. The normalized spacial score (nSPS) is 11.1. The molecule has 0 aromatic heterocycles. The molecule has 2 aromatic carbocycles. The van der Waals surface area contributed by atoms with Crippen LogP contribution in [0.15, 0.2) is 0 Å². The third-order valence-electron chi connectivity index (χ3n) is 5.83. The van der Waals surface area contributed by atoms with E-state index in [4.69, 9.17) is 0 Å². The summed E-state index contributed by atoms with van der Waals surface area (Å²) >= 11 is 0. The van der Waals surface area contributed by atoms with Crippen molar-refractivity contribution in [3.8, 4) is 11.5 Å². The van der Waals surface area contributed by atoms with Crippen LogP contribution in [0.3, 0.4) is 0 Å². The van der Waals surface area contributed by atoms with E-state index in [1.165, 1.54) is 0 Å². The smallest absolute Gasteiger partial charge is 0.311 e. The first-order valence-corrected chi connectivity index (χ1v) is 11.9. The number of hydrogen-bond acceptors (Lipinski definition) is 4. The zero-order valence-corrected chi connectivity index (χ0v) is 20.7.